The largest absolute Gasteiger partial charge is 0.369 e. The Morgan fingerprint density at radius 3 is 2.56 bits per heavy atom. The fraction of sp³-hybridized carbons (Fsp3) is 0.462. The van der Waals surface area contributed by atoms with Gasteiger partial charge < -0.3 is 5.73 Å². The first-order chi connectivity index (χ1) is 16.2. The number of fused-ring (bicyclic) bond motifs is 1. The number of rotatable bonds is 6. The summed E-state index contributed by atoms with van der Waals surface area (Å²) in [4.78, 5) is 31.6. The highest BCUT2D eigenvalue weighted by atomic mass is 16.2. The van der Waals surface area contributed by atoms with Gasteiger partial charge in [0.25, 0.3) is 0 Å². The van der Waals surface area contributed by atoms with Crippen LogP contribution >= 0.6 is 0 Å². The monoisotopic (exact) mass is 460 g/mol. The average molecular weight is 461 g/mol. The molecular weight excluding hydrogens is 428 g/mol. The molecule has 2 aromatic heterocycles. The van der Waals surface area contributed by atoms with Gasteiger partial charge in [-0.2, -0.15) is 5.26 Å². The lowest BCUT2D eigenvalue weighted by molar-refractivity contribution is -0.123. The average Bonchev–Trinajstić information content (AvgIpc) is 3.09. The molecule has 8 nitrogen and oxygen atoms in total. The summed E-state index contributed by atoms with van der Waals surface area (Å²) in [7, 11) is 1.74. The van der Waals surface area contributed by atoms with Gasteiger partial charge in [-0.05, 0) is 76.0 Å². The molecule has 0 unspecified atom stereocenters. The number of carbonyl (C=O) groups is 1. The molecule has 1 aromatic carbocycles. The summed E-state index contributed by atoms with van der Waals surface area (Å²) >= 11 is 0. The van der Waals surface area contributed by atoms with Gasteiger partial charge in [-0.1, -0.05) is 13.0 Å². The Bertz CT molecular complexity index is 1340. The molecule has 0 aliphatic carbocycles. The van der Waals surface area contributed by atoms with Gasteiger partial charge in [0.2, 0.25) is 5.91 Å². The smallest absolute Gasteiger partial charge is 0.330 e. The summed E-state index contributed by atoms with van der Waals surface area (Å²) in [5.41, 5.74) is 9.46. The lowest BCUT2D eigenvalue weighted by Gasteiger charge is -2.30. The van der Waals surface area contributed by atoms with Crippen molar-refractivity contribution in [2.24, 2.45) is 18.7 Å². The summed E-state index contributed by atoms with van der Waals surface area (Å²) in [5.74, 6) is -0.257. The Kier molecular flexibility index (Phi) is 6.32. The van der Waals surface area contributed by atoms with E-state index in [1.54, 1.807) is 16.2 Å². The molecule has 3 heterocycles. The van der Waals surface area contributed by atoms with Crippen LogP contribution in [0.5, 0.6) is 0 Å². The van der Waals surface area contributed by atoms with E-state index in [4.69, 9.17) is 10.7 Å². The maximum Gasteiger partial charge on any atom is 0.330 e. The number of benzene rings is 1. The number of nitriles is 1. The molecule has 3 aromatic rings. The zero-order chi connectivity index (χ0) is 24.6. The van der Waals surface area contributed by atoms with E-state index in [-0.39, 0.29) is 23.1 Å². The van der Waals surface area contributed by atoms with Crippen LogP contribution in [0, 0.1) is 17.2 Å². The van der Waals surface area contributed by atoms with Crippen LogP contribution in [0.25, 0.3) is 22.4 Å². The third kappa shape index (κ3) is 4.24. The molecule has 0 atom stereocenters. The number of piperidine rings is 1. The fourth-order valence-corrected chi connectivity index (χ4v) is 4.73. The summed E-state index contributed by atoms with van der Waals surface area (Å²) in [6.45, 7) is 8.52. The van der Waals surface area contributed by atoms with Crippen molar-refractivity contribution in [3.05, 3.63) is 51.9 Å². The van der Waals surface area contributed by atoms with Crippen LogP contribution in [-0.2, 0) is 23.9 Å². The Hall–Kier alpha value is -3.44. The van der Waals surface area contributed by atoms with Crippen molar-refractivity contribution in [3.8, 4) is 17.3 Å². The molecule has 0 spiro atoms. The van der Waals surface area contributed by atoms with Crippen LogP contribution < -0.4 is 11.4 Å². The minimum absolute atomic E-state index is 0.0414. The van der Waals surface area contributed by atoms with Crippen molar-refractivity contribution in [1.82, 2.24) is 19.0 Å². The molecule has 1 aliphatic rings. The fourth-order valence-electron chi connectivity index (χ4n) is 4.73. The van der Waals surface area contributed by atoms with Gasteiger partial charge in [0.1, 0.15) is 0 Å². The molecule has 4 rings (SSSR count). The molecule has 2 N–H and O–H groups in total. The van der Waals surface area contributed by atoms with E-state index < -0.39 is 0 Å². The number of pyridine rings is 1. The molecule has 178 valence electrons. The first kappa shape index (κ1) is 23.7. The maximum absolute atomic E-state index is 13.0. The van der Waals surface area contributed by atoms with E-state index >= 15 is 0 Å². The van der Waals surface area contributed by atoms with Crippen molar-refractivity contribution in [2.75, 3.05) is 13.1 Å². The minimum atomic E-state index is -0.334. The number of nitrogens with two attached hydrogens (primary N) is 1. The van der Waals surface area contributed by atoms with Gasteiger partial charge in [0.05, 0.1) is 22.8 Å². The minimum Gasteiger partial charge on any atom is -0.369 e. The van der Waals surface area contributed by atoms with Crippen LogP contribution in [0.3, 0.4) is 0 Å². The molecular formula is C26H32N6O2. The second kappa shape index (κ2) is 9.07. The van der Waals surface area contributed by atoms with Crippen molar-refractivity contribution in [1.29, 1.82) is 5.26 Å². The van der Waals surface area contributed by atoms with Gasteiger partial charge >= 0.3 is 5.69 Å². The number of aromatic nitrogens is 3. The number of likely N-dealkylation sites (tertiary alicyclic amines) is 1. The topological polar surface area (TPSA) is 110 Å². The van der Waals surface area contributed by atoms with Gasteiger partial charge in [0.15, 0.2) is 5.65 Å². The second-order valence-corrected chi connectivity index (χ2v) is 9.83. The van der Waals surface area contributed by atoms with Crippen molar-refractivity contribution >= 4 is 17.1 Å². The highest BCUT2D eigenvalue weighted by Crippen LogP contribution is 2.29. The van der Waals surface area contributed by atoms with Crippen LogP contribution in [0.15, 0.2) is 35.1 Å². The molecule has 1 fully saturated rings. The normalized spacial score (nSPS) is 15.5. The van der Waals surface area contributed by atoms with E-state index in [2.05, 4.69) is 17.9 Å². The number of primary amides is 1. The predicted octanol–water partition coefficient (Wildman–Crippen LogP) is 3.12. The summed E-state index contributed by atoms with van der Waals surface area (Å²) in [6, 6.07) is 11.9. The van der Waals surface area contributed by atoms with E-state index in [1.807, 2.05) is 44.2 Å². The second-order valence-electron chi connectivity index (χ2n) is 9.83. The van der Waals surface area contributed by atoms with Gasteiger partial charge in [-0.15, -0.1) is 0 Å². The van der Waals surface area contributed by atoms with Crippen LogP contribution in [0.4, 0.5) is 0 Å². The van der Waals surface area contributed by atoms with Gasteiger partial charge in [-0.25, -0.2) is 9.78 Å². The number of amides is 1. The molecule has 34 heavy (non-hydrogen) atoms. The van der Waals surface area contributed by atoms with Crippen LogP contribution in [0.2, 0.25) is 0 Å². The van der Waals surface area contributed by atoms with Crippen molar-refractivity contribution < 1.29 is 4.79 Å². The summed E-state index contributed by atoms with van der Waals surface area (Å²) in [5, 5.41) is 9.74. The first-order valence-electron chi connectivity index (χ1n) is 11.8. The number of hydrogen-bond acceptors (Lipinski definition) is 5. The van der Waals surface area contributed by atoms with Crippen molar-refractivity contribution in [2.45, 2.75) is 52.1 Å². The van der Waals surface area contributed by atoms with E-state index in [0.717, 1.165) is 55.5 Å². The van der Waals surface area contributed by atoms with E-state index in [9.17, 15) is 14.9 Å². The van der Waals surface area contributed by atoms with Crippen molar-refractivity contribution in [3.63, 3.8) is 0 Å². The van der Waals surface area contributed by atoms with E-state index in [1.165, 1.54) is 0 Å². The molecule has 1 amide bonds. The number of nitrogens with zero attached hydrogens (tertiary/aromatic N) is 5. The summed E-state index contributed by atoms with van der Waals surface area (Å²) < 4.78 is 3.38. The van der Waals surface area contributed by atoms with Gasteiger partial charge in [0, 0.05) is 30.6 Å². The molecule has 0 radical (unpaired) electrons. The number of hydrogen-bond donors (Lipinski definition) is 1. The molecule has 0 saturated carbocycles. The molecule has 8 heteroatoms. The molecule has 0 bridgehead atoms. The molecule has 1 aliphatic heterocycles. The Morgan fingerprint density at radius 2 is 1.94 bits per heavy atom. The Morgan fingerprint density at radius 1 is 1.24 bits per heavy atom. The Labute approximate surface area is 199 Å². The third-order valence-electron chi connectivity index (χ3n) is 7.24. The van der Waals surface area contributed by atoms with Gasteiger partial charge in [-0.3, -0.25) is 18.8 Å². The highest BCUT2D eigenvalue weighted by Gasteiger charge is 2.26. The third-order valence-corrected chi connectivity index (χ3v) is 7.24. The highest BCUT2D eigenvalue weighted by molar-refractivity contribution is 5.78. The standard InChI is InChI=1S/C26H32N6O2/c1-5-26(2,3)32-22-9-8-21(29-24(22)30(4)25(32)34)20-14-17(6-7-19(20)15-27)16-31-12-10-18(11-13-31)23(28)33/h6-9,14,18H,5,10-13,16H2,1-4H3,(H2,28,33). The first-order valence-corrected chi connectivity index (χ1v) is 11.8. The maximum atomic E-state index is 13.0. The van der Waals surface area contributed by atoms with Crippen LogP contribution in [-0.4, -0.2) is 38.0 Å². The zero-order valence-electron chi connectivity index (χ0n) is 20.3. The lowest BCUT2D eigenvalue weighted by atomic mass is 9.95. The summed E-state index contributed by atoms with van der Waals surface area (Å²) in [6.07, 6.45) is 2.36. The number of carbonyl (C=O) groups excluding carboxylic acids is 1. The molecule has 1 saturated heterocycles. The van der Waals surface area contributed by atoms with Crippen LogP contribution in [0.1, 0.15) is 51.2 Å². The SMILES string of the molecule is CCC(C)(C)n1c(=O)n(C)c2nc(-c3cc(CN4CCC(C(N)=O)CC4)ccc3C#N)ccc21. The predicted molar refractivity (Wildman–Crippen MR) is 132 cm³/mol. The van der Waals surface area contributed by atoms with E-state index in [0.29, 0.717) is 16.9 Å². The number of aryl methyl sites for hydroxylation is 1. The Balaban J connectivity index is 1.69. The lowest BCUT2D eigenvalue weighted by Crippen LogP contribution is -2.38. The number of imidazole rings is 1. The zero-order valence-corrected chi connectivity index (χ0v) is 20.3. The quantitative estimate of drug-likeness (QED) is 0.608.